The van der Waals surface area contributed by atoms with Crippen LogP contribution in [-0.2, 0) is 40.5 Å². The third-order valence-corrected chi connectivity index (χ3v) is 17.8. The maximum absolute atomic E-state index is 14.4. The van der Waals surface area contributed by atoms with E-state index in [1.807, 2.05) is 140 Å². The molecule has 496 valence electrons. The van der Waals surface area contributed by atoms with Crippen molar-refractivity contribution in [3.05, 3.63) is 182 Å². The van der Waals surface area contributed by atoms with Crippen LogP contribution in [0.3, 0.4) is 0 Å². The molecular weight excluding hydrogens is 1230 g/mol. The second-order valence-electron chi connectivity index (χ2n) is 25.7. The summed E-state index contributed by atoms with van der Waals surface area (Å²) in [6.07, 6.45) is 0.263. The molecule has 5 N–H and O–H groups in total. The molecule has 0 bridgehead atoms. The van der Waals surface area contributed by atoms with Crippen molar-refractivity contribution in [2.45, 2.75) is 126 Å². The second-order valence-corrected chi connectivity index (χ2v) is 27.4. The van der Waals surface area contributed by atoms with Crippen molar-refractivity contribution >= 4 is 61.8 Å². The lowest BCUT2D eigenvalue weighted by molar-refractivity contribution is -0.142. The van der Waals surface area contributed by atoms with Gasteiger partial charge in [0, 0.05) is 83.1 Å². The van der Waals surface area contributed by atoms with Crippen LogP contribution < -0.4 is 44.4 Å². The minimum atomic E-state index is -4.40. The van der Waals surface area contributed by atoms with Gasteiger partial charge in [-0.3, -0.25) is 14.4 Å². The monoisotopic (exact) mass is 1310 g/mol. The summed E-state index contributed by atoms with van der Waals surface area (Å²) in [7, 11) is -1.22. The van der Waals surface area contributed by atoms with E-state index in [2.05, 4.69) is 27.3 Å². The number of ether oxygens (including phenoxy) is 7. The van der Waals surface area contributed by atoms with Crippen molar-refractivity contribution in [1.29, 1.82) is 0 Å². The van der Waals surface area contributed by atoms with Crippen LogP contribution in [0.5, 0.6) is 28.7 Å². The average molecular weight is 1310 g/mol. The molecule has 0 radical (unpaired) electrons. The molecule has 8 atom stereocenters. The number of carboxylic acids is 1. The number of carbonyl (C=O) groups is 5. The first-order valence-electron chi connectivity index (χ1n) is 31.2. The van der Waals surface area contributed by atoms with E-state index in [0.717, 1.165) is 33.2 Å². The number of fused-ring (bicyclic) bond motifs is 2. The summed E-state index contributed by atoms with van der Waals surface area (Å²) in [5.41, 5.74) is 2.35. The van der Waals surface area contributed by atoms with Gasteiger partial charge < -0.3 is 54.2 Å². The number of carboxylic acid groups (broad SMARTS) is 1. The van der Waals surface area contributed by atoms with Crippen molar-refractivity contribution < 1.29 is 70.7 Å². The molecule has 2 heterocycles. The summed E-state index contributed by atoms with van der Waals surface area (Å²) >= 11 is 0. The number of alkyl carbamates (subject to hydrolysis) is 2. The van der Waals surface area contributed by atoms with Crippen molar-refractivity contribution in [2.75, 3.05) is 14.2 Å². The molecule has 2 aromatic heterocycles. The highest BCUT2D eigenvalue weighted by atomic mass is 32.2. The summed E-state index contributed by atoms with van der Waals surface area (Å²) in [6, 6.07) is 48.0. The number of benzene rings is 6. The fourth-order valence-corrected chi connectivity index (χ4v) is 12.8. The lowest BCUT2D eigenvalue weighted by Crippen LogP contribution is -2.55. The molecule has 4 amide bonds. The van der Waals surface area contributed by atoms with Gasteiger partial charge in [-0.05, 0) is 103 Å². The molecular formula is C73H78N6O15S. The summed E-state index contributed by atoms with van der Waals surface area (Å²) < 4.78 is 70.0. The first-order valence-corrected chi connectivity index (χ1v) is 32.7. The maximum atomic E-state index is 14.4. The number of pyridine rings is 2. The Kier molecular flexibility index (Phi) is 20.3. The highest BCUT2D eigenvalue weighted by molar-refractivity contribution is 7.90. The minimum absolute atomic E-state index is 0.120. The van der Waals surface area contributed by atoms with Crippen LogP contribution in [0.15, 0.2) is 181 Å². The Morgan fingerprint density at radius 3 is 1.55 bits per heavy atom. The highest BCUT2D eigenvalue weighted by Gasteiger charge is 2.61. The number of methoxy groups -OCH3 is 2. The SMILES string of the molecule is C=C[C@@H]1C[C@]1(NC(=O)[C@@H]1C[C@H](Oc2cc(-c3ccccc3)nc3cc(OC)ccc23)C[C@@H]1NC(=O)OC(C)(C)C)C(=O)NS(=O)(=O)c1cccc(OCc2ccccc2)c1.COc1ccc2c(O[C@@H]3C[C@H](NC(=O)OC(C)(C)C)[C@H](C(=O)O)C3)cc(-c3ccccc3)nc2c1. The Morgan fingerprint density at radius 1 is 0.600 bits per heavy atom. The largest absolute Gasteiger partial charge is 0.497 e. The predicted molar refractivity (Wildman–Crippen MR) is 357 cm³/mol. The number of aliphatic carboxylic acids is 1. The van der Waals surface area contributed by atoms with Gasteiger partial charge in [-0.25, -0.2) is 32.7 Å². The molecule has 3 saturated carbocycles. The number of amides is 4. The molecule has 95 heavy (non-hydrogen) atoms. The number of carbonyl (C=O) groups excluding carboxylic acids is 4. The van der Waals surface area contributed by atoms with Gasteiger partial charge in [-0.15, -0.1) is 6.58 Å². The van der Waals surface area contributed by atoms with Gasteiger partial charge in [0.2, 0.25) is 5.91 Å². The van der Waals surface area contributed by atoms with Crippen molar-refractivity contribution in [1.82, 2.24) is 30.6 Å². The third-order valence-electron chi connectivity index (χ3n) is 16.4. The Hall–Kier alpha value is -10.2. The van der Waals surface area contributed by atoms with Crippen LogP contribution >= 0.6 is 0 Å². The van der Waals surface area contributed by atoms with E-state index < -0.39 is 98.8 Å². The average Bonchev–Trinajstić information content (AvgIpc) is 1.59. The Bertz CT molecular complexity index is 4240. The molecule has 11 rings (SSSR count). The van der Waals surface area contributed by atoms with Gasteiger partial charge in [0.05, 0.1) is 53.4 Å². The van der Waals surface area contributed by atoms with E-state index >= 15 is 0 Å². The topological polar surface area (TPSA) is 278 Å². The fraction of sp³-hybridized carbons (Fsp3) is 0.329. The zero-order valence-corrected chi connectivity index (χ0v) is 54.9. The second kappa shape index (κ2) is 28.6. The highest BCUT2D eigenvalue weighted by Crippen LogP contribution is 2.46. The number of sulfonamides is 1. The van der Waals surface area contributed by atoms with Crippen LogP contribution in [0.2, 0.25) is 0 Å². The van der Waals surface area contributed by atoms with Crippen LogP contribution in [0.1, 0.15) is 79.2 Å². The molecule has 3 aliphatic rings. The van der Waals surface area contributed by atoms with Gasteiger partial charge in [0.1, 0.15) is 64.3 Å². The molecule has 3 fully saturated rings. The number of aromatic nitrogens is 2. The van der Waals surface area contributed by atoms with Crippen molar-refractivity contribution in [2.24, 2.45) is 17.8 Å². The van der Waals surface area contributed by atoms with Crippen LogP contribution in [0, 0.1) is 17.8 Å². The first-order chi connectivity index (χ1) is 45.3. The van der Waals surface area contributed by atoms with Gasteiger partial charge >= 0.3 is 18.2 Å². The van der Waals surface area contributed by atoms with Gasteiger partial charge in [-0.1, -0.05) is 103 Å². The van der Waals surface area contributed by atoms with Crippen LogP contribution in [-0.4, -0.2) is 109 Å². The van der Waals surface area contributed by atoms with Crippen LogP contribution in [0.4, 0.5) is 9.59 Å². The molecule has 0 aliphatic heterocycles. The normalized spacial score (nSPS) is 20.6. The van der Waals surface area contributed by atoms with Crippen molar-refractivity contribution in [3.8, 4) is 51.3 Å². The lowest BCUT2D eigenvalue weighted by atomic mass is 10.0. The summed E-state index contributed by atoms with van der Waals surface area (Å²) in [4.78, 5) is 75.2. The molecule has 0 spiro atoms. The van der Waals surface area contributed by atoms with Crippen molar-refractivity contribution in [3.63, 3.8) is 0 Å². The molecule has 0 saturated heterocycles. The quantitative estimate of drug-likeness (QED) is 0.0443. The standard InChI is InChI=1S/C46H48N4O9S.C27H30N2O6/c1-6-31-27-46(31,43(52)50-60(54,55)35-19-13-18-33(22-35)57-28-29-14-9-7-10-15-29)49-42(51)37-23-34(25-40(37)48-44(53)59-45(2,3)4)58-41-26-38(30-16-11-8-12-17-30)47-39-24-32(56-5)20-21-36(39)41;1-27(2,3)35-26(32)29-23-14-18(12-20(23)25(30)31)34-24-15-21(16-8-6-5-7-9-16)28-22-13-17(33-4)10-11-19(22)24/h6-22,24,26,31,34,37,40H,1,23,25,27-28H2,2-5H3,(H,48,53)(H,49,51)(H,50,52);5-11,13,15,18,20,23H,12,14H2,1-4H3,(H,29,32)(H,30,31)/t31-,34+,37-,40+,46-;18-,20+,23-/m10/s1. The summed E-state index contributed by atoms with van der Waals surface area (Å²) in [6.45, 7) is 14.5. The van der Waals surface area contributed by atoms with E-state index in [1.54, 1.807) is 61.8 Å². The number of nitrogens with zero attached hydrogens (tertiary/aromatic N) is 2. The first kappa shape index (κ1) is 67.7. The van der Waals surface area contributed by atoms with Gasteiger partial charge in [0.15, 0.2) is 0 Å². The fourth-order valence-electron chi connectivity index (χ4n) is 11.7. The molecule has 21 nitrogen and oxygen atoms in total. The Balaban J connectivity index is 0.000000238. The van der Waals surface area contributed by atoms with E-state index in [1.165, 1.54) is 24.3 Å². The minimum Gasteiger partial charge on any atom is -0.497 e. The Morgan fingerprint density at radius 2 is 1.08 bits per heavy atom. The van der Waals surface area contributed by atoms with E-state index in [0.29, 0.717) is 51.9 Å². The zero-order valence-electron chi connectivity index (χ0n) is 54.1. The van der Waals surface area contributed by atoms with Gasteiger partial charge in [-0.2, -0.15) is 0 Å². The lowest BCUT2D eigenvalue weighted by Gasteiger charge is -2.26. The molecule has 8 aromatic rings. The van der Waals surface area contributed by atoms with E-state index in [4.69, 9.17) is 43.1 Å². The molecule has 22 heteroatoms. The van der Waals surface area contributed by atoms with E-state index in [-0.39, 0.29) is 37.2 Å². The number of hydrogen-bond acceptors (Lipinski definition) is 16. The number of nitrogens with one attached hydrogen (secondary N) is 4. The summed E-state index contributed by atoms with van der Waals surface area (Å²) in [5.74, 6) is -1.97. The maximum Gasteiger partial charge on any atom is 0.407 e. The predicted octanol–water partition coefficient (Wildman–Crippen LogP) is 12.2. The van der Waals surface area contributed by atoms with Gasteiger partial charge in [0.25, 0.3) is 15.9 Å². The number of hydrogen-bond donors (Lipinski definition) is 5. The van der Waals surface area contributed by atoms with Crippen LogP contribution in [0.25, 0.3) is 44.3 Å². The zero-order chi connectivity index (χ0) is 67.8. The molecule has 0 unspecified atom stereocenters. The third kappa shape index (κ3) is 17.0. The smallest absolute Gasteiger partial charge is 0.407 e. The Labute approximate surface area is 551 Å². The molecule has 6 aromatic carbocycles. The molecule has 3 aliphatic carbocycles. The van der Waals surface area contributed by atoms with E-state index in [9.17, 15) is 37.5 Å². The number of rotatable bonds is 20. The summed E-state index contributed by atoms with van der Waals surface area (Å²) in [5, 5.41) is 19.7.